The fraction of sp³-hybridized carbons (Fsp3) is 0.130. The number of amides is 1. The molecule has 2 heterocycles. The van der Waals surface area contributed by atoms with Crippen LogP contribution in [-0.2, 0) is 10.5 Å². The smallest absolute Gasteiger partial charge is 0.335 e. The van der Waals surface area contributed by atoms with Crippen molar-refractivity contribution in [1.82, 2.24) is 25.2 Å². The number of carboxylic acid groups (broad SMARTS) is 1. The summed E-state index contributed by atoms with van der Waals surface area (Å²) >= 11 is 6.16. The molecular formula is C23H15ClF2N6O3. The van der Waals surface area contributed by atoms with E-state index in [1.807, 2.05) is 0 Å². The Morgan fingerprint density at radius 3 is 2.63 bits per heavy atom. The van der Waals surface area contributed by atoms with Crippen molar-refractivity contribution in [2.45, 2.75) is 18.3 Å². The predicted molar refractivity (Wildman–Crippen MR) is 121 cm³/mol. The summed E-state index contributed by atoms with van der Waals surface area (Å²) in [4.78, 5) is 27.9. The third-order valence-corrected chi connectivity index (χ3v) is 5.94. The number of hydrogen-bond donors (Lipinski definition) is 2. The normalized spacial score (nSPS) is 18.8. The number of halogens is 3. The summed E-state index contributed by atoms with van der Waals surface area (Å²) in [7, 11) is 0. The van der Waals surface area contributed by atoms with Crippen LogP contribution in [0, 0.1) is 0 Å². The van der Waals surface area contributed by atoms with Gasteiger partial charge in [-0.2, -0.15) is 4.68 Å². The van der Waals surface area contributed by atoms with Crippen LogP contribution in [0.1, 0.15) is 34.2 Å². The second-order valence-electron chi connectivity index (χ2n) is 7.89. The fourth-order valence-electron chi connectivity index (χ4n) is 3.99. The summed E-state index contributed by atoms with van der Waals surface area (Å²) in [5.74, 6) is -2.24. The molecule has 0 unspecified atom stereocenters. The maximum Gasteiger partial charge on any atom is 0.335 e. The first-order valence-corrected chi connectivity index (χ1v) is 10.7. The Bertz CT molecular complexity index is 1450. The Balaban J connectivity index is 1.49. The van der Waals surface area contributed by atoms with Crippen LogP contribution in [0.15, 0.2) is 61.1 Å². The van der Waals surface area contributed by atoms with Gasteiger partial charge in [0.2, 0.25) is 5.67 Å². The lowest BCUT2D eigenvalue weighted by Gasteiger charge is -2.19. The number of tetrazole rings is 1. The van der Waals surface area contributed by atoms with Gasteiger partial charge in [-0.05, 0) is 59.0 Å². The summed E-state index contributed by atoms with van der Waals surface area (Å²) in [6.07, 6.45) is 0.191. The van der Waals surface area contributed by atoms with Gasteiger partial charge in [-0.1, -0.05) is 11.6 Å². The molecule has 1 aliphatic carbocycles. The number of carboxylic acids is 1. The van der Waals surface area contributed by atoms with Gasteiger partial charge < -0.3 is 10.4 Å². The van der Waals surface area contributed by atoms with Crippen molar-refractivity contribution in [3.63, 3.8) is 0 Å². The molecule has 0 bridgehead atoms. The molecule has 0 saturated heterocycles. The SMILES string of the molecule is O=C(O)c1ccc(NC(=O)[C@]2(F)C[C@H](F)c3cc(-c4cc(Cl)ccc4-n4cnnn4)cnc32)cc1. The molecule has 0 fully saturated rings. The summed E-state index contributed by atoms with van der Waals surface area (Å²) in [5, 5.41) is 22.9. The zero-order valence-electron chi connectivity index (χ0n) is 17.7. The summed E-state index contributed by atoms with van der Waals surface area (Å²) in [6, 6.07) is 11.6. The third kappa shape index (κ3) is 3.99. The second kappa shape index (κ2) is 8.51. The molecule has 35 heavy (non-hydrogen) atoms. The minimum atomic E-state index is -2.72. The van der Waals surface area contributed by atoms with Gasteiger partial charge in [0.15, 0.2) is 0 Å². The lowest BCUT2D eigenvalue weighted by atomic mass is 9.99. The van der Waals surface area contributed by atoms with Gasteiger partial charge in [0.25, 0.3) is 5.91 Å². The Kier molecular flexibility index (Phi) is 5.48. The molecule has 0 saturated carbocycles. The molecule has 1 aliphatic rings. The molecule has 176 valence electrons. The third-order valence-electron chi connectivity index (χ3n) is 5.71. The molecule has 0 radical (unpaired) electrons. The molecule has 12 heteroatoms. The van der Waals surface area contributed by atoms with E-state index in [-0.39, 0.29) is 22.5 Å². The molecule has 2 aromatic carbocycles. The monoisotopic (exact) mass is 496 g/mol. The van der Waals surface area contributed by atoms with E-state index in [1.54, 1.807) is 18.2 Å². The van der Waals surface area contributed by atoms with Crippen molar-refractivity contribution in [2.75, 3.05) is 5.32 Å². The average Bonchev–Trinajstić information content (AvgIpc) is 3.46. The number of nitrogens with zero attached hydrogens (tertiary/aromatic N) is 5. The van der Waals surface area contributed by atoms with Crippen molar-refractivity contribution in [3.8, 4) is 16.8 Å². The molecule has 0 aliphatic heterocycles. The van der Waals surface area contributed by atoms with Crippen molar-refractivity contribution >= 4 is 29.2 Å². The van der Waals surface area contributed by atoms with E-state index in [1.165, 1.54) is 47.5 Å². The van der Waals surface area contributed by atoms with E-state index in [2.05, 4.69) is 25.8 Å². The number of pyridine rings is 1. The van der Waals surface area contributed by atoms with Crippen LogP contribution in [0.5, 0.6) is 0 Å². The average molecular weight is 497 g/mol. The Hall–Kier alpha value is -4.25. The zero-order valence-corrected chi connectivity index (χ0v) is 18.4. The maximum absolute atomic E-state index is 15.9. The molecule has 2 N–H and O–H groups in total. The van der Waals surface area contributed by atoms with E-state index in [0.29, 0.717) is 21.8 Å². The quantitative estimate of drug-likeness (QED) is 0.422. The molecule has 4 aromatic rings. The predicted octanol–water partition coefficient (Wildman–Crippen LogP) is 4.29. The minimum absolute atomic E-state index is 0.00394. The highest BCUT2D eigenvalue weighted by molar-refractivity contribution is 6.31. The number of nitrogens with one attached hydrogen (secondary N) is 1. The van der Waals surface area contributed by atoms with E-state index < -0.39 is 30.1 Å². The fourth-order valence-corrected chi connectivity index (χ4v) is 4.16. The van der Waals surface area contributed by atoms with Crippen LogP contribution in [0.2, 0.25) is 5.02 Å². The molecule has 0 spiro atoms. The van der Waals surface area contributed by atoms with Gasteiger partial charge in [-0.25, -0.2) is 13.6 Å². The van der Waals surface area contributed by atoms with Crippen LogP contribution in [-0.4, -0.2) is 42.2 Å². The molecular weight excluding hydrogens is 482 g/mol. The van der Waals surface area contributed by atoms with Crippen LogP contribution in [0.4, 0.5) is 14.5 Å². The maximum atomic E-state index is 15.9. The van der Waals surface area contributed by atoms with Crippen LogP contribution >= 0.6 is 11.6 Å². The second-order valence-corrected chi connectivity index (χ2v) is 8.32. The minimum Gasteiger partial charge on any atom is -0.478 e. The number of hydrogen-bond acceptors (Lipinski definition) is 6. The Morgan fingerprint density at radius 2 is 1.94 bits per heavy atom. The van der Waals surface area contributed by atoms with Gasteiger partial charge in [0.05, 0.1) is 16.9 Å². The number of benzene rings is 2. The van der Waals surface area contributed by atoms with Crippen LogP contribution < -0.4 is 5.32 Å². The molecule has 9 nitrogen and oxygen atoms in total. The largest absolute Gasteiger partial charge is 0.478 e. The molecule has 2 atom stereocenters. The van der Waals surface area contributed by atoms with Crippen molar-refractivity contribution in [1.29, 1.82) is 0 Å². The summed E-state index contributed by atoms with van der Waals surface area (Å²) in [6.45, 7) is 0. The highest BCUT2D eigenvalue weighted by Gasteiger charge is 2.52. The molecule has 2 aromatic heterocycles. The van der Waals surface area contributed by atoms with Gasteiger partial charge >= 0.3 is 5.97 Å². The van der Waals surface area contributed by atoms with E-state index in [0.717, 1.165) is 0 Å². The first-order chi connectivity index (χ1) is 16.8. The Labute approximate surface area is 201 Å². The topological polar surface area (TPSA) is 123 Å². The number of anilines is 1. The first kappa shape index (κ1) is 22.5. The number of aromatic nitrogens is 5. The lowest BCUT2D eigenvalue weighted by Crippen LogP contribution is -2.35. The molecule has 1 amide bonds. The first-order valence-electron chi connectivity index (χ1n) is 10.3. The van der Waals surface area contributed by atoms with Gasteiger partial charge in [0, 0.05) is 40.0 Å². The highest BCUT2D eigenvalue weighted by Crippen LogP contribution is 2.48. The van der Waals surface area contributed by atoms with Crippen LogP contribution in [0.25, 0.3) is 16.8 Å². The zero-order chi connectivity index (χ0) is 24.7. The van der Waals surface area contributed by atoms with Crippen molar-refractivity contribution in [2.24, 2.45) is 0 Å². The molecule has 5 rings (SSSR count). The number of carbonyl (C=O) groups excluding carboxylic acids is 1. The number of fused-ring (bicyclic) bond motifs is 1. The van der Waals surface area contributed by atoms with E-state index in [4.69, 9.17) is 16.7 Å². The van der Waals surface area contributed by atoms with Crippen LogP contribution in [0.3, 0.4) is 0 Å². The van der Waals surface area contributed by atoms with Gasteiger partial charge in [-0.3, -0.25) is 9.78 Å². The summed E-state index contributed by atoms with van der Waals surface area (Å²) < 4.78 is 32.3. The highest BCUT2D eigenvalue weighted by atomic mass is 35.5. The number of alkyl halides is 2. The Morgan fingerprint density at radius 1 is 1.17 bits per heavy atom. The van der Waals surface area contributed by atoms with Gasteiger partial charge in [0.1, 0.15) is 12.5 Å². The van der Waals surface area contributed by atoms with Crippen molar-refractivity contribution in [3.05, 3.63) is 82.9 Å². The summed E-state index contributed by atoms with van der Waals surface area (Å²) in [5.41, 5.74) is -1.40. The lowest BCUT2D eigenvalue weighted by molar-refractivity contribution is -0.128. The number of carbonyl (C=O) groups is 2. The number of rotatable bonds is 5. The van der Waals surface area contributed by atoms with E-state index >= 15 is 8.78 Å². The van der Waals surface area contributed by atoms with E-state index in [9.17, 15) is 9.59 Å². The standard InChI is InChI=1S/C23H15ClF2N6O3/c24-14-3-6-19(32-11-28-30-31-32)16(8-14)13-7-17-18(25)9-23(26,20(17)27-10-13)22(35)29-15-4-1-12(2-5-15)21(33)34/h1-8,10-11,18H,9H2,(H,29,35)(H,33,34)/t18-,23-/m0/s1. The van der Waals surface area contributed by atoms with Crippen molar-refractivity contribution < 1.29 is 23.5 Å². The van der Waals surface area contributed by atoms with Gasteiger partial charge in [-0.15, -0.1) is 5.10 Å². The number of aromatic carboxylic acids is 1.